The van der Waals surface area contributed by atoms with Crippen molar-refractivity contribution >= 4 is 17.9 Å². The van der Waals surface area contributed by atoms with Crippen molar-refractivity contribution in [3.05, 3.63) is 48.6 Å². The monoisotopic (exact) mass is 1110 g/mol. The maximum atomic E-state index is 13.0. The van der Waals surface area contributed by atoms with E-state index in [1.807, 2.05) is 0 Å². The summed E-state index contributed by atoms with van der Waals surface area (Å²) in [7, 11) is 0. The summed E-state index contributed by atoms with van der Waals surface area (Å²) in [5, 5.41) is 0. The molecule has 0 aromatic heterocycles. The van der Waals surface area contributed by atoms with Gasteiger partial charge >= 0.3 is 17.9 Å². The lowest BCUT2D eigenvalue weighted by Crippen LogP contribution is -2.30. The van der Waals surface area contributed by atoms with E-state index in [4.69, 9.17) is 14.2 Å². The van der Waals surface area contributed by atoms with E-state index >= 15 is 0 Å². The largest absolute Gasteiger partial charge is 0.462 e. The fraction of sp³-hybridized carbons (Fsp3) is 0.849. The highest BCUT2D eigenvalue weighted by Crippen LogP contribution is 2.19. The van der Waals surface area contributed by atoms with Gasteiger partial charge in [-0.15, -0.1) is 0 Å². The minimum atomic E-state index is -0.775. The van der Waals surface area contributed by atoms with Gasteiger partial charge in [0.2, 0.25) is 0 Å². The predicted molar refractivity (Wildman–Crippen MR) is 344 cm³/mol. The standard InChI is InChI=1S/C73H134O6/c1-4-7-10-13-16-19-22-25-28-31-34-37-40-42-45-48-51-54-57-60-63-66-72(75)78-69-70(79-73(76)67-64-61-58-55-52-49-46-43-39-36-33-30-27-24-21-18-15-12-9-6-3)68-77-71(74)65-62-59-56-53-50-47-44-41-38-35-32-29-26-23-20-17-14-11-8-5-2/h7,10,16,19,25,28,34,37,70H,4-6,8-9,11-15,17-18,20-24,26-27,29-33,35-36,38-69H2,1-3H3/b10-7-,19-16-,28-25-,37-34-. The summed E-state index contributed by atoms with van der Waals surface area (Å²) in [6.45, 7) is 6.60. The highest BCUT2D eigenvalue weighted by molar-refractivity contribution is 5.71. The third-order valence-electron chi connectivity index (χ3n) is 15.8. The highest BCUT2D eigenvalue weighted by atomic mass is 16.6. The molecule has 0 N–H and O–H groups in total. The van der Waals surface area contributed by atoms with Crippen molar-refractivity contribution in [1.82, 2.24) is 0 Å². The number of allylic oxidation sites excluding steroid dienone is 8. The molecule has 0 fully saturated rings. The first-order chi connectivity index (χ1) is 39.0. The van der Waals surface area contributed by atoms with Gasteiger partial charge < -0.3 is 14.2 Å². The molecule has 0 radical (unpaired) electrons. The van der Waals surface area contributed by atoms with Crippen molar-refractivity contribution in [2.24, 2.45) is 0 Å². The number of unbranched alkanes of at least 4 members (excludes halogenated alkanes) is 46. The number of ether oxygens (including phenoxy) is 3. The Balaban J connectivity index is 4.33. The van der Waals surface area contributed by atoms with Crippen LogP contribution in [0.5, 0.6) is 0 Å². The zero-order valence-electron chi connectivity index (χ0n) is 53.2. The first kappa shape index (κ1) is 76.4. The van der Waals surface area contributed by atoms with Gasteiger partial charge in [0, 0.05) is 19.3 Å². The Kier molecular flexibility index (Phi) is 65.6. The zero-order chi connectivity index (χ0) is 57.1. The average molecular weight is 1110 g/mol. The van der Waals surface area contributed by atoms with E-state index < -0.39 is 6.10 Å². The van der Waals surface area contributed by atoms with Crippen LogP contribution in [-0.4, -0.2) is 37.2 Å². The van der Waals surface area contributed by atoms with E-state index in [0.717, 1.165) is 89.9 Å². The first-order valence-electron chi connectivity index (χ1n) is 35.1. The van der Waals surface area contributed by atoms with Crippen molar-refractivity contribution in [2.75, 3.05) is 13.2 Å². The van der Waals surface area contributed by atoms with Crippen molar-refractivity contribution in [3.8, 4) is 0 Å². The fourth-order valence-corrected chi connectivity index (χ4v) is 10.6. The lowest BCUT2D eigenvalue weighted by atomic mass is 10.0. The van der Waals surface area contributed by atoms with E-state index in [9.17, 15) is 14.4 Å². The van der Waals surface area contributed by atoms with Crippen LogP contribution in [0.4, 0.5) is 0 Å². The van der Waals surface area contributed by atoms with Crippen LogP contribution in [0.2, 0.25) is 0 Å². The summed E-state index contributed by atoms with van der Waals surface area (Å²) < 4.78 is 17.0. The minimum Gasteiger partial charge on any atom is -0.462 e. The Morgan fingerprint density at radius 3 is 0.772 bits per heavy atom. The second kappa shape index (κ2) is 67.9. The fourth-order valence-electron chi connectivity index (χ4n) is 10.6. The van der Waals surface area contributed by atoms with Crippen LogP contribution in [0.25, 0.3) is 0 Å². The molecular formula is C73H134O6. The van der Waals surface area contributed by atoms with Gasteiger partial charge in [0.25, 0.3) is 0 Å². The molecule has 0 heterocycles. The van der Waals surface area contributed by atoms with Crippen LogP contribution in [0.3, 0.4) is 0 Å². The molecule has 0 aliphatic heterocycles. The van der Waals surface area contributed by atoms with Gasteiger partial charge in [-0.2, -0.15) is 0 Å². The van der Waals surface area contributed by atoms with Gasteiger partial charge in [0.15, 0.2) is 6.10 Å². The molecule has 0 amide bonds. The van der Waals surface area contributed by atoms with Crippen molar-refractivity contribution < 1.29 is 28.6 Å². The predicted octanol–water partition coefficient (Wildman–Crippen LogP) is 24.1. The number of carbonyl (C=O) groups is 3. The zero-order valence-corrected chi connectivity index (χ0v) is 53.2. The van der Waals surface area contributed by atoms with Crippen LogP contribution >= 0.6 is 0 Å². The summed E-state index contributed by atoms with van der Waals surface area (Å²) in [5.41, 5.74) is 0. The number of hydrogen-bond acceptors (Lipinski definition) is 6. The topological polar surface area (TPSA) is 78.9 Å². The van der Waals surface area contributed by atoms with Crippen LogP contribution in [0.1, 0.15) is 380 Å². The Morgan fingerprint density at radius 2 is 0.494 bits per heavy atom. The van der Waals surface area contributed by atoms with Gasteiger partial charge in [0.05, 0.1) is 0 Å². The number of esters is 3. The summed E-state index contributed by atoms with van der Waals surface area (Å²) in [6.07, 6.45) is 85.6. The van der Waals surface area contributed by atoms with Gasteiger partial charge in [-0.05, 0) is 57.8 Å². The van der Waals surface area contributed by atoms with Crippen molar-refractivity contribution in [3.63, 3.8) is 0 Å². The summed E-state index contributed by atoms with van der Waals surface area (Å²) >= 11 is 0. The number of rotatable bonds is 65. The Hall–Kier alpha value is -2.63. The van der Waals surface area contributed by atoms with E-state index in [2.05, 4.69) is 69.4 Å². The molecule has 6 heteroatoms. The maximum absolute atomic E-state index is 13.0. The molecule has 0 bridgehead atoms. The molecule has 0 rings (SSSR count). The lowest BCUT2D eigenvalue weighted by molar-refractivity contribution is -0.167. The SMILES string of the molecule is CC/C=C\C/C=C\C/C=C\C/C=C\CCCCCCCCCCC(=O)OCC(COC(=O)CCCCCCCCCCCCCCCCCCCCCC)OC(=O)CCCCCCCCCCCCCCCCCCCCCC. The molecule has 1 atom stereocenters. The smallest absolute Gasteiger partial charge is 0.306 e. The quantitative estimate of drug-likeness (QED) is 0.0261. The maximum Gasteiger partial charge on any atom is 0.306 e. The van der Waals surface area contributed by atoms with E-state index in [1.54, 1.807) is 0 Å². The van der Waals surface area contributed by atoms with Gasteiger partial charge in [-0.1, -0.05) is 352 Å². The molecule has 0 saturated carbocycles. The molecule has 0 spiro atoms. The van der Waals surface area contributed by atoms with Crippen molar-refractivity contribution in [2.45, 2.75) is 386 Å². The molecule has 0 aromatic rings. The molecule has 0 saturated heterocycles. The van der Waals surface area contributed by atoms with Crippen LogP contribution < -0.4 is 0 Å². The Morgan fingerprint density at radius 1 is 0.266 bits per heavy atom. The number of carbonyl (C=O) groups excluding carboxylic acids is 3. The van der Waals surface area contributed by atoms with Gasteiger partial charge in [-0.25, -0.2) is 0 Å². The third kappa shape index (κ3) is 66.1. The summed E-state index contributed by atoms with van der Waals surface area (Å²) in [6, 6.07) is 0. The molecule has 1 unspecified atom stereocenters. The van der Waals surface area contributed by atoms with E-state index in [-0.39, 0.29) is 31.1 Å². The van der Waals surface area contributed by atoms with Gasteiger partial charge in [-0.3, -0.25) is 14.4 Å². The van der Waals surface area contributed by atoms with E-state index in [0.29, 0.717) is 19.3 Å². The molecule has 6 nitrogen and oxygen atoms in total. The Bertz CT molecular complexity index is 1360. The number of hydrogen-bond donors (Lipinski definition) is 0. The lowest BCUT2D eigenvalue weighted by Gasteiger charge is -2.18. The van der Waals surface area contributed by atoms with Crippen molar-refractivity contribution in [1.29, 1.82) is 0 Å². The Labute approximate surface area is 492 Å². The second-order valence-electron chi connectivity index (χ2n) is 23.8. The normalized spacial score (nSPS) is 12.3. The molecule has 0 aromatic carbocycles. The van der Waals surface area contributed by atoms with E-state index in [1.165, 1.54) is 250 Å². The van der Waals surface area contributed by atoms with Gasteiger partial charge in [0.1, 0.15) is 13.2 Å². The summed E-state index contributed by atoms with van der Waals surface area (Å²) in [5.74, 6) is -0.847. The molecule has 0 aliphatic carbocycles. The molecule has 0 aliphatic rings. The average Bonchev–Trinajstić information content (AvgIpc) is 3.45. The summed E-state index contributed by atoms with van der Waals surface area (Å²) in [4.78, 5) is 38.5. The van der Waals surface area contributed by atoms with Crippen LogP contribution in [0.15, 0.2) is 48.6 Å². The molecule has 79 heavy (non-hydrogen) atoms. The van der Waals surface area contributed by atoms with Crippen LogP contribution in [-0.2, 0) is 28.6 Å². The molecular weight excluding hydrogens is 973 g/mol. The highest BCUT2D eigenvalue weighted by Gasteiger charge is 2.19. The minimum absolute atomic E-state index is 0.0697. The third-order valence-corrected chi connectivity index (χ3v) is 15.8. The van der Waals surface area contributed by atoms with Crippen LogP contribution in [0, 0.1) is 0 Å². The second-order valence-corrected chi connectivity index (χ2v) is 23.8. The first-order valence-corrected chi connectivity index (χ1v) is 35.1. The molecule has 462 valence electrons.